The second-order valence-corrected chi connectivity index (χ2v) is 8.98. The topological polar surface area (TPSA) is 68.1 Å². The molecule has 0 radical (unpaired) electrons. The number of imide groups is 1. The van der Waals surface area contributed by atoms with E-state index in [4.69, 9.17) is 11.6 Å². The second kappa shape index (κ2) is 9.21. The fourth-order valence-electron chi connectivity index (χ4n) is 3.74. The Morgan fingerprint density at radius 3 is 2.06 bits per heavy atom. The second-order valence-electron chi connectivity index (χ2n) is 7.63. The van der Waals surface area contributed by atoms with Crippen LogP contribution < -0.4 is 0 Å². The Bertz CT molecular complexity index is 1290. The standard InChI is InChI=1S/C25H19ClN4O2S/c26-19-12-10-18(11-13-19)15-29-22(14-17-6-2-1-3-7-17)27-28-25(29)33-16-30-23(31)20-8-4-5-9-21(20)24(30)32/h1-13H,14-16H2. The number of carbonyl (C=O) groups excluding carboxylic acids is 2. The number of aromatic nitrogens is 3. The molecule has 1 aromatic heterocycles. The van der Waals surface area contributed by atoms with E-state index < -0.39 is 0 Å². The van der Waals surface area contributed by atoms with Crippen LogP contribution in [-0.4, -0.2) is 37.4 Å². The van der Waals surface area contributed by atoms with Crippen molar-refractivity contribution >= 4 is 35.2 Å². The zero-order valence-corrected chi connectivity index (χ0v) is 19.1. The van der Waals surface area contributed by atoms with Crippen molar-refractivity contribution in [1.29, 1.82) is 0 Å². The molecule has 2 amide bonds. The van der Waals surface area contributed by atoms with Crippen LogP contribution in [0.1, 0.15) is 37.7 Å². The Balaban J connectivity index is 1.40. The van der Waals surface area contributed by atoms with Crippen LogP contribution in [0.4, 0.5) is 0 Å². The van der Waals surface area contributed by atoms with Crippen LogP contribution in [0.2, 0.25) is 5.02 Å². The molecule has 0 unspecified atom stereocenters. The van der Waals surface area contributed by atoms with Crippen LogP contribution in [0, 0.1) is 0 Å². The van der Waals surface area contributed by atoms with Crippen molar-refractivity contribution in [3.05, 3.63) is 112 Å². The van der Waals surface area contributed by atoms with Gasteiger partial charge < -0.3 is 4.57 Å². The summed E-state index contributed by atoms with van der Waals surface area (Å²) in [5.74, 6) is 0.407. The summed E-state index contributed by atoms with van der Waals surface area (Å²) < 4.78 is 2.03. The molecule has 33 heavy (non-hydrogen) atoms. The van der Waals surface area contributed by atoms with Gasteiger partial charge in [0, 0.05) is 11.4 Å². The average molecular weight is 475 g/mol. The molecular weight excluding hydrogens is 456 g/mol. The highest BCUT2D eigenvalue weighted by atomic mass is 35.5. The van der Waals surface area contributed by atoms with Crippen molar-refractivity contribution in [3.8, 4) is 0 Å². The number of hydrogen-bond acceptors (Lipinski definition) is 5. The molecule has 0 aliphatic carbocycles. The largest absolute Gasteiger partial charge is 0.301 e. The van der Waals surface area contributed by atoms with E-state index in [2.05, 4.69) is 10.2 Å². The van der Waals surface area contributed by atoms with Crippen LogP contribution in [0.15, 0.2) is 84.0 Å². The van der Waals surface area contributed by atoms with E-state index in [1.165, 1.54) is 16.7 Å². The van der Waals surface area contributed by atoms with Gasteiger partial charge in [-0.05, 0) is 35.4 Å². The number of benzene rings is 3. The summed E-state index contributed by atoms with van der Waals surface area (Å²) in [7, 11) is 0. The van der Waals surface area contributed by atoms with Crippen molar-refractivity contribution in [2.75, 3.05) is 5.88 Å². The van der Waals surface area contributed by atoms with Crippen LogP contribution >= 0.6 is 23.4 Å². The Kier molecular flexibility index (Phi) is 5.98. The van der Waals surface area contributed by atoms with Gasteiger partial charge in [0.25, 0.3) is 11.8 Å². The van der Waals surface area contributed by atoms with Crippen molar-refractivity contribution in [3.63, 3.8) is 0 Å². The molecular formula is C25H19ClN4O2S. The van der Waals surface area contributed by atoms with Gasteiger partial charge in [-0.15, -0.1) is 10.2 Å². The van der Waals surface area contributed by atoms with Gasteiger partial charge in [0.05, 0.1) is 23.5 Å². The van der Waals surface area contributed by atoms with E-state index in [0.29, 0.717) is 34.3 Å². The molecule has 3 aromatic carbocycles. The average Bonchev–Trinajstić information content (AvgIpc) is 3.32. The lowest BCUT2D eigenvalue weighted by Crippen LogP contribution is -2.29. The van der Waals surface area contributed by atoms with Gasteiger partial charge in [0.1, 0.15) is 5.82 Å². The third-order valence-electron chi connectivity index (χ3n) is 5.45. The van der Waals surface area contributed by atoms with Gasteiger partial charge in [0.15, 0.2) is 5.16 Å². The van der Waals surface area contributed by atoms with Crippen molar-refractivity contribution < 1.29 is 9.59 Å². The molecule has 0 spiro atoms. The first-order valence-corrected chi connectivity index (χ1v) is 11.7. The maximum absolute atomic E-state index is 12.7. The molecule has 164 valence electrons. The van der Waals surface area contributed by atoms with Gasteiger partial charge in [-0.1, -0.05) is 78.0 Å². The summed E-state index contributed by atoms with van der Waals surface area (Å²) in [6.45, 7) is 0.552. The zero-order chi connectivity index (χ0) is 22.8. The van der Waals surface area contributed by atoms with Crippen LogP contribution in [0.25, 0.3) is 0 Å². The summed E-state index contributed by atoms with van der Waals surface area (Å²) in [6.07, 6.45) is 0.620. The number of halogens is 1. The van der Waals surface area contributed by atoms with E-state index in [9.17, 15) is 9.59 Å². The van der Waals surface area contributed by atoms with E-state index >= 15 is 0 Å². The lowest BCUT2D eigenvalue weighted by Gasteiger charge is -2.14. The van der Waals surface area contributed by atoms with E-state index in [1.807, 2.05) is 59.2 Å². The van der Waals surface area contributed by atoms with Crippen LogP contribution in [-0.2, 0) is 13.0 Å². The quantitative estimate of drug-likeness (QED) is 0.281. The monoisotopic (exact) mass is 474 g/mol. The molecule has 0 N–H and O–H groups in total. The number of carbonyl (C=O) groups is 2. The highest BCUT2D eigenvalue weighted by Gasteiger charge is 2.35. The van der Waals surface area contributed by atoms with Gasteiger partial charge in [0.2, 0.25) is 0 Å². The lowest BCUT2D eigenvalue weighted by atomic mass is 10.1. The van der Waals surface area contributed by atoms with E-state index in [0.717, 1.165) is 17.0 Å². The first kappa shape index (κ1) is 21.4. The van der Waals surface area contributed by atoms with Gasteiger partial charge in [-0.3, -0.25) is 14.5 Å². The molecule has 1 aliphatic heterocycles. The maximum Gasteiger partial charge on any atom is 0.262 e. The lowest BCUT2D eigenvalue weighted by molar-refractivity contribution is 0.0684. The SMILES string of the molecule is O=C1c2ccccc2C(=O)N1CSc1nnc(Cc2ccccc2)n1Cc1ccc(Cl)cc1. The highest BCUT2D eigenvalue weighted by molar-refractivity contribution is 7.99. The van der Waals surface area contributed by atoms with Crippen LogP contribution in [0.3, 0.4) is 0 Å². The third-order valence-corrected chi connectivity index (χ3v) is 6.65. The van der Waals surface area contributed by atoms with E-state index in [-0.39, 0.29) is 17.7 Å². The highest BCUT2D eigenvalue weighted by Crippen LogP contribution is 2.27. The number of amides is 2. The molecule has 0 saturated carbocycles. The molecule has 0 bridgehead atoms. The Labute approximate surface area is 200 Å². The molecule has 2 heterocycles. The summed E-state index contributed by atoms with van der Waals surface area (Å²) in [4.78, 5) is 26.7. The smallest absolute Gasteiger partial charge is 0.262 e. The Morgan fingerprint density at radius 2 is 1.39 bits per heavy atom. The first-order chi connectivity index (χ1) is 16.1. The molecule has 6 nitrogen and oxygen atoms in total. The molecule has 0 fully saturated rings. The van der Waals surface area contributed by atoms with Crippen molar-refractivity contribution in [1.82, 2.24) is 19.7 Å². The fourth-order valence-corrected chi connectivity index (χ4v) is 4.77. The number of fused-ring (bicyclic) bond motifs is 1. The number of nitrogens with zero attached hydrogens (tertiary/aromatic N) is 4. The molecule has 4 aromatic rings. The third kappa shape index (κ3) is 4.42. The maximum atomic E-state index is 12.7. The van der Waals surface area contributed by atoms with E-state index in [1.54, 1.807) is 24.3 Å². The molecule has 0 atom stereocenters. The van der Waals surface area contributed by atoms with Gasteiger partial charge in [-0.25, -0.2) is 0 Å². The zero-order valence-electron chi connectivity index (χ0n) is 17.5. The number of hydrogen-bond donors (Lipinski definition) is 0. The molecule has 8 heteroatoms. The Hall–Kier alpha value is -3.42. The number of thioether (sulfide) groups is 1. The fraction of sp³-hybridized carbons (Fsp3) is 0.120. The van der Waals surface area contributed by atoms with Gasteiger partial charge >= 0.3 is 0 Å². The van der Waals surface area contributed by atoms with Crippen molar-refractivity contribution in [2.24, 2.45) is 0 Å². The van der Waals surface area contributed by atoms with Crippen LogP contribution in [0.5, 0.6) is 0 Å². The normalized spacial score (nSPS) is 12.9. The minimum Gasteiger partial charge on any atom is -0.301 e. The van der Waals surface area contributed by atoms with Gasteiger partial charge in [-0.2, -0.15) is 0 Å². The molecule has 0 saturated heterocycles. The summed E-state index contributed by atoms with van der Waals surface area (Å²) in [5.41, 5.74) is 3.06. The number of rotatable bonds is 7. The molecule has 1 aliphatic rings. The first-order valence-electron chi connectivity index (χ1n) is 10.4. The summed E-state index contributed by atoms with van der Waals surface area (Å²) in [5, 5.41) is 10.1. The predicted octanol–water partition coefficient (Wildman–Crippen LogP) is 4.92. The minimum absolute atomic E-state index is 0.163. The minimum atomic E-state index is -0.281. The predicted molar refractivity (Wildman–Crippen MR) is 127 cm³/mol. The summed E-state index contributed by atoms with van der Waals surface area (Å²) in [6, 6.07) is 24.6. The van der Waals surface area contributed by atoms with Crippen molar-refractivity contribution in [2.45, 2.75) is 18.1 Å². The Morgan fingerprint density at radius 1 is 0.758 bits per heavy atom. The molecule has 5 rings (SSSR count). The summed E-state index contributed by atoms with van der Waals surface area (Å²) >= 11 is 7.37.